The van der Waals surface area contributed by atoms with E-state index in [-0.39, 0.29) is 5.69 Å². The average molecular weight is 395 g/mol. The molecule has 2 aromatic carbocycles. The maximum atomic E-state index is 12.6. The number of aryl methyl sites for hydroxylation is 1. The second-order valence-corrected chi connectivity index (χ2v) is 7.30. The highest BCUT2D eigenvalue weighted by atomic mass is 32.1. The van der Waals surface area contributed by atoms with Crippen LogP contribution in [0.15, 0.2) is 59.6 Å². The number of benzene rings is 2. The van der Waals surface area contributed by atoms with Gasteiger partial charge in [-0.05, 0) is 31.0 Å². The predicted molar refractivity (Wildman–Crippen MR) is 110 cm³/mol. The molecule has 0 N–H and O–H groups in total. The standard InChI is InChI=1S/C21H21N3O3S/c1-3-8-18-19(15-9-6-5-7-10-15)23(4-2)21(28-18)22-20(25)16-11-13-17(14-12-16)24(26)27/h5-7,9-14H,3-4,8H2,1-2H3. The zero-order valence-electron chi connectivity index (χ0n) is 15.8. The molecule has 0 spiro atoms. The zero-order chi connectivity index (χ0) is 20.1. The Labute approximate surface area is 167 Å². The highest BCUT2D eigenvalue weighted by Gasteiger charge is 2.15. The molecule has 3 rings (SSSR count). The van der Waals surface area contributed by atoms with E-state index >= 15 is 0 Å². The van der Waals surface area contributed by atoms with Gasteiger partial charge in [-0.1, -0.05) is 43.7 Å². The molecule has 0 fully saturated rings. The number of carbonyl (C=O) groups is 1. The van der Waals surface area contributed by atoms with Gasteiger partial charge in [0.05, 0.1) is 10.6 Å². The van der Waals surface area contributed by atoms with E-state index in [1.807, 2.05) is 25.1 Å². The second kappa shape index (κ2) is 8.75. The van der Waals surface area contributed by atoms with E-state index < -0.39 is 10.8 Å². The van der Waals surface area contributed by atoms with E-state index in [1.165, 1.54) is 40.5 Å². The first-order valence-electron chi connectivity index (χ1n) is 9.16. The van der Waals surface area contributed by atoms with E-state index in [2.05, 4.69) is 28.6 Å². The molecular formula is C21H21N3O3S. The Balaban J connectivity index is 2.08. The quantitative estimate of drug-likeness (QED) is 0.443. The van der Waals surface area contributed by atoms with Gasteiger partial charge in [-0.15, -0.1) is 11.3 Å². The first-order chi connectivity index (χ1) is 13.5. The van der Waals surface area contributed by atoms with Crippen molar-refractivity contribution in [3.8, 4) is 11.3 Å². The highest BCUT2D eigenvalue weighted by molar-refractivity contribution is 7.09. The van der Waals surface area contributed by atoms with E-state index in [0.29, 0.717) is 16.9 Å². The fourth-order valence-electron chi connectivity index (χ4n) is 3.02. The molecule has 0 unspecified atom stereocenters. The van der Waals surface area contributed by atoms with Crippen molar-refractivity contribution in [1.29, 1.82) is 0 Å². The number of hydrogen-bond acceptors (Lipinski definition) is 4. The van der Waals surface area contributed by atoms with Gasteiger partial charge in [0, 0.05) is 29.1 Å². The van der Waals surface area contributed by atoms with E-state index in [9.17, 15) is 14.9 Å². The summed E-state index contributed by atoms with van der Waals surface area (Å²) in [4.78, 5) is 29.1. The molecule has 144 valence electrons. The lowest BCUT2D eigenvalue weighted by Crippen LogP contribution is -2.17. The summed E-state index contributed by atoms with van der Waals surface area (Å²) in [5, 5.41) is 10.8. The summed E-state index contributed by atoms with van der Waals surface area (Å²) in [6, 6.07) is 15.6. The summed E-state index contributed by atoms with van der Waals surface area (Å²) in [7, 11) is 0. The van der Waals surface area contributed by atoms with Crippen molar-refractivity contribution in [3.05, 3.63) is 80.0 Å². The van der Waals surface area contributed by atoms with Crippen LogP contribution in [0.25, 0.3) is 11.3 Å². The predicted octanol–water partition coefficient (Wildman–Crippen LogP) is 4.84. The van der Waals surface area contributed by atoms with Gasteiger partial charge in [0.25, 0.3) is 11.6 Å². The molecule has 1 amide bonds. The molecule has 0 saturated heterocycles. The Kier molecular flexibility index (Phi) is 6.16. The molecule has 28 heavy (non-hydrogen) atoms. The molecule has 0 aliphatic carbocycles. The maximum Gasteiger partial charge on any atom is 0.279 e. The zero-order valence-corrected chi connectivity index (χ0v) is 16.6. The Hall–Kier alpha value is -3.06. The maximum absolute atomic E-state index is 12.6. The Bertz CT molecular complexity index is 1050. The minimum atomic E-state index is -0.487. The van der Waals surface area contributed by atoms with Gasteiger partial charge in [0.2, 0.25) is 0 Å². The number of nitrogens with zero attached hydrogens (tertiary/aromatic N) is 3. The third-order valence-electron chi connectivity index (χ3n) is 4.34. The van der Waals surface area contributed by atoms with Crippen LogP contribution in [0.4, 0.5) is 5.69 Å². The van der Waals surface area contributed by atoms with E-state index in [0.717, 1.165) is 24.1 Å². The van der Waals surface area contributed by atoms with Gasteiger partial charge in [-0.2, -0.15) is 4.99 Å². The van der Waals surface area contributed by atoms with Crippen LogP contribution in [0.5, 0.6) is 0 Å². The van der Waals surface area contributed by atoms with Crippen LogP contribution in [-0.2, 0) is 13.0 Å². The van der Waals surface area contributed by atoms with Crippen molar-refractivity contribution in [3.63, 3.8) is 0 Å². The van der Waals surface area contributed by atoms with E-state index in [1.54, 1.807) is 0 Å². The molecule has 0 saturated carbocycles. The number of aromatic nitrogens is 1. The largest absolute Gasteiger partial charge is 0.316 e. The van der Waals surface area contributed by atoms with E-state index in [4.69, 9.17) is 0 Å². The minimum absolute atomic E-state index is 0.0482. The van der Waals surface area contributed by atoms with Crippen LogP contribution >= 0.6 is 11.3 Å². The van der Waals surface area contributed by atoms with Crippen molar-refractivity contribution >= 4 is 22.9 Å². The highest BCUT2D eigenvalue weighted by Crippen LogP contribution is 2.27. The van der Waals surface area contributed by atoms with Crippen molar-refractivity contribution in [2.75, 3.05) is 0 Å². The fraction of sp³-hybridized carbons (Fsp3) is 0.238. The van der Waals surface area contributed by atoms with Gasteiger partial charge >= 0.3 is 0 Å². The molecule has 6 nitrogen and oxygen atoms in total. The Morgan fingerprint density at radius 1 is 1.11 bits per heavy atom. The van der Waals surface area contributed by atoms with Gasteiger partial charge in [0.15, 0.2) is 4.80 Å². The van der Waals surface area contributed by atoms with Crippen molar-refractivity contribution in [2.45, 2.75) is 33.2 Å². The van der Waals surface area contributed by atoms with Gasteiger partial charge in [-0.25, -0.2) is 0 Å². The molecule has 1 heterocycles. The third-order valence-corrected chi connectivity index (χ3v) is 5.48. The van der Waals surface area contributed by atoms with Crippen LogP contribution in [-0.4, -0.2) is 15.4 Å². The first kappa shape index (κ1) is 19.7. The SMILES string of the molecule is CCCc1sc(=NC(=O)c2ccc([N+](=O)[O-])cc2)n(CC)c1-c1ccccc1. The smallest absolute Gasteiger partial charge is 0.279 e. The lowest BCUT2D eigenvalue weighted by atomic mass is 10.1. The Morgan fingerprint density at radius 2 is 1.79 bits per heavy atom. The second-order valence-electron chi connectivity index (χ2n) is 6.24. The molecule has 3 aromatic rings. The minimum Gasteiger partial charge on any atom is -0.316 e. The molecule has 0 atom stereocenters. The number of rotatable bonds is 6. The van der Waals surface area contributed by atoms with Crippen molar-refractivity contribution in [2.24, 2.45) is 4.99 Å². The third kappa shape index (κ3) is 4.09. The van der Waals surface area contributed by atoms with Gasteiger partial charge in [-0.3, -0.25) is 14.9 Å². The fourth-order valence-corrected chi connectivity index (χ4v) is 4.33. The Morgan fingerprint density at radius 3 is 2.36 bits per heavy atom. The number of hydrogen-bond donors (Lipinski definition) is 0. The topological polar surface area (TPSA) is 77.5 Å². The number of nitro benzene ring substituents is 1. The van der Waals surface area contributed by atoms with Crippen LogP contribution in [0.1, 0.15) is 35.5 Å². The summed E-state index contributed by atoms with van der Waals surface area (Å²) in [6.45, 7) is 4.85. The number of non-ortho nitro benzene ring substituents is 1. The summed E-state index contributed by atoms with van der Waals surface area (Å²) in [5.74, 6) is -0.402. The molecule has 0 aliphatic rings. The van der Waals surface area contributed by atoms with Crippen molar-refractivity contribution in [1.82, 2.24) is 4.57 Å². The first-order valence-corrected chi connectivity index (χ1v) is 9.98. The van der Waals surface area contributed by atoms with Crippen LogP contribution < -0.4 is 4.80 Å². The van der Waals surface area contributed by atoms with Gasteiger partial charge in [0.1, 0.15) is 0 Å². The van der Waals surface area contributed by atoms with Crippen LogP contribution in [0.3, 0.4) is 0 Å². The number of thiazole rings is 1. The summed E-state index contributed by atoms with van der Waals surface area (Å²) in [5.41, 5.74) is 2.49. The summed E-state index contributed by atoms with van der Waals surface area (Å²) in [6.07, 6.45) is 1.91. The lowest BCUT2D eigenvalue weighted by Gasteiger charge is -2.08. The normalized spacial score (nSPS) is 11.6. The molecule has 7 heteroatoms. The van der Waals surface area contributed by atoms with Gasteiger partial charge < -0.3 is 4.57 Å². The van der Waals surface area contributed by atoms with Crippen LogP contribution in [0.2, 0.25) is 0 Å². The number of carbonyl (C=O) groups excluding carboxylic acids is 1. The number of nitro groups is 1. The summed E-state index contributed by atoms with van der Waals surface area (Å²) < 4.78 is 2.06. The molecule has 0 aliphatic heterocycles. The summed E-state index contributed by atoms with van der Waals surface area (Å²) >= 11 is 1.53. The van der Waals surface area contributed by atoms with Crippen molar-refractivity contribution < 1.29 is 9.72 Å². The molecule has 0 radical (unpaired) electrons. The monoisotopic (exact) mass is 395 g/mol. The average Bonchev–Trinajstić information content (AvgIpc) is 3.05. The molecular weight excluding hydrogens is 374 g/mol. The van der Waals surface area contributed by atoms with Crippen LogP contribution in [0, 0.1) is 10.1 Å². The number of amides is 1. The lowest BCUT2D eigenvalue weighted by molar-refractivity contribution is -0.384. The molecule has 0 bridgehead atoms. The molecule has 1 aromatic heterocycles.